The van der Waals surface area contributed by atoms with Crippen LogP contribution >= 0.6 is 11.6 Å². The lowest BCUT2D eigenvalue weighted by Gasteiger charge is -2.29. The topological polar surface area (TPSA) is 46.0 Å². The Hall–Kier alpha value is -1.90. The van der Waals surface area contributed by atoms with Gasteiger partial charge in [0, 0.05) is 18.0 Å². The van der Waals surface area contributed by atoms with Crippen molar-refractivity contribution in [3.63, 3.8) is 0 Å². The number of hydrogen-bond donors (Lipinski definition) is 1. The summed E-state index contributed by atoms with van der Waals surface area (Å²) in [5, 5.41) is 4.24. The third kappa shape index (κ3) is 3.94. The summed E-state index contributed by atoms with van der Waals surface area (Å²) in [7, 11) is 2.12. The van der Waals surface area contributed by atoms with E-state index >= 15 is 0 Å². The summed E-state index contributed by atoms with van der Waals surface area (Å²) in [4.78, 5) is 10.4. The van der Waals surface area contributed by atoms with E-state index in [9.17, 15) is 13.2 Å². The maximum Gasteiger partial charge on any atom is 0.406 e. The maximum absolute atomic E-state index is 13.1. The van der Waals surface area contributed by atoms with Gasteiger partial charge in [-0.25, -0.2) is 9.97 Å². The SMILES string of the molecule is CN1CCC(NCc2ccc3c(c2)c2ncnc(Cl)c2n3CC(F)(F)F)CC1. The Morgan fingerprint density at radius 2 is 1.96 bits per heavy atom. The first-order valence-electron chi connectivity index (χ1n) is 9.22. The van der Waals surface area contributed by atoms with E-state index in [1.54, 1.807) is 6.07 Å². The molecule has 0 unspecified atom stereocenters. The van der Waals surface area contributed by atoms with Crippen LogP contribution in [0.3, 0.4) is 0 Å². The number of nitrogens with zero attached hydrogens (tertiary/aromatic N) is 4. The number of alkyl halides is 3. The van der Waals surface area contributed by atoms with E-state index in [4.69, 9.17) is 11.6 Å². The Kier molecular flexibility index (Phi) is 5.20. The van der Waals surface area contributed by atoms with Crippen LogP contribution in [0.5, 0.6) is 0 Å². The van der Waals surface area contributed by atoms with Gasteiger partial charge in [0.2, 0.25) is 0 Å². The molecule has 0 saturated carbocycles. The summed E-state index contributed by atoms with van der Waals surface area (Å²) in [6.07, 6.45) is -0.906. The van der Waals surface area contributed by atoms with Gasteiger partial charge in [-0.05, 0) is 50.7 Å². The molecule has 1 aliphatic heterocycles. The molecule has 1 N–H and O–H groups in total. The molecule has 9 heteroatoms. The van der Waals surface area contributed by atoms with Crippen molar-refractivity contribution in [2.75, 3.05) is 20.1 Å². The fraction of sp³-hybridized carbons (Fsp3) is 0.474. The third-order valence-electron chi connectivity index (χ3n) is 5.31. The second-order valence-corrected chi connectivity index (χ2v) is 7.73. The van der Waals surface area contributed by atoms with Crippen molar-refractivity contribution in [3.05, 3.63) is 35.2 Å². The molecule has 0 spiro atoms. The van der Waals surface area contributed by atoms with E-state index in [1.165, 1.54) is 6.33 Å². The molecule has 1 aliphatic rings. The number of fused-ring (bicyclic) bond motifs is 3. The molecular formula is C19H21ClF3N5. The molecule has 0 radical (unpaired) electrons. The maximum atomic E-state index is 13.1. The van der Waals surface area contributed by atoms with Crippen LogP contribution in [0.25, 0.3) is 21.9 Å². The molecule has 0 bridgehead atoms. The summed E-state index contributed by atoms with van der Waals surface area (Å²) in [6.45, 7) is 1.66. The predicted octanol–water partition coefficient (Wildman–Crippen LogP) is 3.98. The second kappa shape index (κ2) is 7.50. The van der Waals surface area contributed by atoms with Crippen molar-refractivity contribution in [1.29, 1.82) is 0 Å². The van der Waals surface area contributed by atoms with Gasteiger partial charge in [-0.15, -0.1) is 0 Å². The van der Waals surface area contributed by atoms with Gasteiger partial charge in [-0.2, -0.15) is 13.2 Å². The van der Waals surface area contributed by atoms with Crippen molar-refractivity contribution in [2.24, 2.45) is 0 Å². The zero-order chi connectivity index (χ0) is 19.9. The van der Waals surface area contributed by atoms with Gasteiger partial charge >= 0.3 is 6.18 Å². The van der Waals surface area contributed by atoms with Gasteiger partial charge in [0.05, 0.1) is 5.52 Å². The first-order valence-corrected chi connectivity index (χ1v) is 9.59. The zero-order valence-electron chi connectivity index (χ0n) is 15.4. The second-order valence-electron chi connectivity index (χ2n) is 7.37. The van der Waals surface area contributed by atoms with Crippen LogP contribution < -0.4 is 5.32 Å². The molecule has 3 aromatic rings. The van der Waals surface area contributed by atoms with E-state index in [-0.39, 0.29) is 10.7 Å². The highest BCUT2D eigenvalue weighted by Crippen LogP contribution is 2.34. The first-order chi connectivity index (χ1) is 13.3. The average Bonchev–Trinajstić information content (AvgIpc) is 2.94. The minimum absolute atomic E-state index is 0.0245. The van der Waals surface area contributed by atoms with Gasteiger partial charge < -0.3 is 14.8 Å². The van der Waals surface area contributed by atoms with Crippen molar-refractivity contribution in [2.45, 2.75) is 38.1 Å². The van der Waals surface area contributed by atoms with E-state index in [2.05, 4.69) is 27.2 Å². The molecule has 0 aliphatic carbocycles. The third-order valence-corrected chi connectivity index (χ3v) is 5.58. The van der Waals surface area contributed by atoms with E-state index in [0.29, 0.717) is 29.0 Å². The molecule has 4 rings (SSSR count). The molecule has 28 heavy (non-hydrogen) atoms. The number of nitrogens with one attached hydrogen (secondary N) is 1. The highest BCUT2D eigenvalue weighted by molar-refractivity contribution is 6.34. The Bertz CT molecular complexity index is 993. The molecule has 5 nitrogen and oxygen atoms in total. The molecule has 0 amide bonds. The van der Waals surface area contributed by atoms with Gasteiger partial charge in [-0.3, -0.25) is 0 Å². The molecule has 150 valence electrons. The van der Waals surface area contributed by atoms with Crippen LogP contribution in [0.15, 0.2) is 24.5 Å². The van der Waals surface area contributed by atoms with Gasteiger partial charge in [0.1, 0.15) is 23.9 Å². The Balaban J connectivity index is 1.67. The van der Waals surface area contributed by atoms with Crippen LogP contribution in [0.4, 0.5) is 13.2 Å². The smallest absolute Gasteiger partial charge is 0.327 e. The minimum atomic E-state index is -4.37. The standard InChI is InChI=1S/C19H21ClF3N5/c1-27-6-4-13(5-7-27)24-9-12-2-3-15-14(8-12)16-17(18(20)26-11-25-16)28(15)10-19(21,22)23/h2-3,8,11,13,24H,4-7,9-10H2,1H3. The number of halogens is 4. The zero-order valence-corrected chi connectivity index (χ0v) is 16.2. The van der Waals surface area contributed by atoms with E-state index in [0.717, 1.165) is 36.1 Å². The molecule has 2 aromatic heterocycles. The number of benzene rings is 1. The van der Waals surface area contributed by atoms with E-state index in [1.807, 2.05) is 12.1 Å². The normalized spacial score (nSPS) is 17.0. The Morgan fingerprint density at radius 3 is 2.68 bits per heavy atom. The summed E-state index contributed by atoms with van der Waals surface area (Å²) >= 11 is 6.12. The van der Waals surface area contributed by atoms with Crippen molar-refractivity contribution in [3.8, 4) is 0 Å². The fourth-order valence-electron chi connectivity index (χ4n) is 3.85. The van der Waals surface area contributed by atoms with Crippen LogP contribution in [0.1, 0.15) is 18.4 Å². The van der Waals surface area contributed by atoms with E-state index < -0.39 is 12.7 Å². The molecule has 1 aromatic carbocycles. The summed E-state index contributed by atoms with van der Waals surface area (Å²) in [6, 6.07) is 5.92. The molecule has 0 atom stereocenters. The fourth-order valence-corrected chi connectivity index (χ4v) is 4.09. The lowest BCUT2D eigenvalue weighted by Crippen LogP contribution is -2.40. The number of rotatable bonds is 4. The predicted molar refractivity (Wildman–Crippen MR) is 103 cm³/mol. The summed E-state index contributed by atoms with van der Waals surface area (Å²) in [5.41, 5.74) is 2.13. The Morgan fingerprint density at radius 1 is 1.21 bits per heavy atom. The lowest BCUT2D eigenvalue weighted by atomic mass is 10.0. The van der Waals surface area contributed by atoms with Crippen molar-refractivity contribution in [1.82, 2.24) is 24.8 Å². The van der Waals surface area contributed by atoms with Crippen LogP contribution in [0, 0.1) is 0 Å². The van der Waals surface area contributed by atoms with Gasteiger partial charge in [0.15, 0.2) is 5.15 Å². The molecule has 1 fully saturated rings. The van der Waals surface area contributed by atoms with Crippen molar-refractivity contribution < 1.29 is 13.2 Å². The lowest BCUT2D eigenvalue weighted by molar-refractivity contribution is -0.139. The average molecular weight is 412 g/mol. The minimum Gasteiger partial charge on any atom is -0.327 e. The highest BCUT2D eigenvalue weighted by atomic mass is 35.5. The Labute approximate surface area is 165 Å². The first kappa shape index (κ1) is 19.4. The number of likely N-dealkylation sites (tertiary alicyclic amines) is 1. The monoisotopic (exact) mass is 411 g/mol. The quantitative estimate of drug-likeness (QED) is 0.659. The van der Waals surface area contributed by atoms with Gasteiger partial charge in [-0.1, -0.05) is 17.7 Å². The molecular weight excluding hydrogens is 391 g/mol. The number of hydrogen-bond acceptors (Lipinski definition) is 4. The van der Waals surface area contributed by atoms with Crippen LogP contribution in [0.2, 0.25) is 5.15 Å². The van der Waals surface area contributed by atoms with Crippen molar-refractivity contribution >= 4 is 33.5 Å². The summed E-state index contributed by atoms with van der Waals surface area (Å²) in [5.74, 6) is 0. The highest BCUT2D eigenvalue weighted by Gasteiger charge is 2.30. The number of aromatic nitrogens is 3. The van der Waals surface area contributed by atoms with Gasteiger partial charge in [0.25, 0.3) is 0 Å². The van der Waals surface area contributed by atoms with Crippen LogP contribution in [-0.4, -0.2) is 51.8 Å². The number of piperidine rings is 1. The summed E-state index contributed by atoms with van der Waals surface area (Å²) < 4.78 is 40.5. The molecule has 1 saturated heterocycles. The largest absolute Gasteiger partial charge is 0.406 e. The molecule has 3 heterocycles. The van der Waals surface area contributed by atoms with Crippen LogP contribution in [-0.2, 0) is 13.1 Å².